The van der Waals surface area contributed by atoms with Gasteiger partial charge in [-0.15, -0.1) is 0 Å². The van der Waals surface area contributed by atoms with Crippen molar-refractivity contribution in [2.45, 2.75) is 33.2 Å². The second kappa shape index (κ2) is 6.93. The smallest absolute Gasteiger partial charge is 0.228 e. The highest BCUT2D eigenvalue weighted by molar-refractivity contribution is 5.92. The number of amides is 1. The zero-order valence-electron chi connectivity index (χ0n) is 12.8. The van der Waals surface area contributed by atoms with Gasteiger partial charge in [0.15, 0.2) is 0 Å². The molecule has 0 spiro atoms. The number of hydrogen-bond acceptors (Lipinski definition) is 2. The Morgan fingerprint density at radius 1 is 1.05 bits per heavy atom. The number of benzene rings is 2. The molecule has 0 radical (unpaired) electrons. The third-order valence-electron chi connectivity index (χ3n) is 3.07. The summed E-state index contributed by atoms with van der Waals surface area (Å²) in [4.78, 5) is 12.0. The molecule has 110 valence electrons. The predicted octanol–water partition coefficient (Wildman–Crippen LogP) is 4.00. The van der Waals surface area contributed by atoms with Crippen LogP contribution in [0.2, 0.25) is 0 Å². The third kappa shape index (κ3) is 4.95. The van der Waals surface area contributed by atoms with Crippen molar-refractivity contribution in [3.63, 3.8) is 0 Å². The van der Waals surface area contributed by atoms with E-state index in [1.165, 1.54) is 5.56 Å². The average Bonchev–Trinajstić information content (AvgIpc) is 2.40. The van der Waals surface area contributed by atoms with Crippen LogP contribution in [0.1, 0.15) is 25.0 Å². The highest BCUT2D eigenvalue weighted by atomic mass is 16.1. The summed E-state index contributed by atoms with van der Waals surface area (Å²) < 4.78 is 0. The van der Waals surface area contributed by atoms with Gasteiger partial charge in [0, 0.05) is 17.4 Å². The molecule has 2 N–H and O–H groups in total. The number of hydrogen-bond donors (Lipinski definition) is 2. The van der Waals surface area contributed by atoms with Crippen molar-refractivity contribution in [3.8, 4) is 0 Å². The van der Waals surface area contributed by atoms with Crippen molar-refractivity contribution in [2.75, 3.05) is 10.6 Å². The zero-order valence-corrected chi connectivity index (χ0v) is 12.8. The van der Waals surface area contributed by atoms with Gasteiger partial charge < -0.3 is 10.6 Å². The minimum absolute atomic E-state index is 0.00479. The van der Waals surface area contributed by atoms with Gasteiger partial charge in [-0.05, 0) is 50.6 Å². The summed E-state index contributed by atoms with van der Waals surface area (Å²) in [6.45, 7) is 6.22. The number of rotatable bonds is 5. The normalized spacial score (nSPS) is 10.5. The topological polar surface area (TPSA) is 41.1 Å². The summed E-state index contributed by atoms with van der Waals surface area (Å²) in [6, 6.07) is 16.2. The number of carbonyl (C=O) groups is 1. The molecule has 2 rings (SSSR count). The Hall–Kier alpha value is -2.29. The summed E-state index contributed by atoms with van der Waals surface area (Å²) in [6.07, 6.45) is 0.397. The lowest BCUT2D eigenvalue weighted by Gasteiger charge is -2.11. The van der Waals surface area contributed by atoms with Gasteiger partial charge in [0.05, 0.1) is 6.42 Å². The minimum Gasteiger partial charge on any atom is -0.383 e. The van der Waals surface area contributed by atoms with Gasteiger partial charge in [-0.25, -0.2) is 0 Å². The molecule has 0 heterocycles. The second-order valence-corrected chi connectivity index (χ2v) is 5.59. The van der Waals surface area contributed by atoms with Crippen LogP contribution < -0.4 is 10.6 Å². The van der Waals surface area contributed by atoms with Crippen LogP contribution in [0.15, 0.2) is 48.5 Å². The third-order valence-corrected chi connectivity index (χ3v) is 3.07. The van der Waals surface area contributed by atoms with E-state index in [1.54, 1.807) is 0 Å². The largest absolute Gasteiger partial charge is 0.383 e. The molecule has 0 saturated carbocycles. The molecule has 0 aliphatic carbocycles. The van der Waals surface area contributed by atoms with Gasteiger partial charge in [-0.2, -0.15) is 0 Å². The van der Waals surface area contributed by atoms with E-state index in [-0.39, 0.29) is 5.91 Å². The molecule has 0 atom stereocenters. The Bertz CT molecular complexity index is 603. The molecule has 2 aromatic rings. The van der Waals surface area contributed by atoms with E-state index in [1.807, 2.05) is 55.5 Å². The highest BCUT2D eigenvalue weighted by Gasteiger charge is 2.04. The maximum atomic E-state index is 12.0. The van der Waals surface area contributed by atoms with E-state index in [0.29, 0.717) is 12.5 Å². The number of nitrogens with one attached hydrogen (secondary N) is 2. The van der Waals surface area contributed by atoms with Gasteiger partial charge in [0.25, 0.3) is 0 Å². The first kappa shape index (κ1) is 15.1. The molecule has 0 bridgehead atoms. The Labute approximate surface area is 126 Å². The van der Waals surface area contributed by atoms with Crippen LogP contribution in [-0.4, -0.2) is 11.9 Å². The molecule has 1 amide bonds. The maximum absolute atomic E-state index is 12.0. The van der Waals surface area contributed by atoms with Crippen molar-refractivity contribution < 1.29 is 4.79 Å². The van der Waals surface area contributed by atoms with Gasteiger partial charge in [-0.1, -0.05) is 29.8 Å². The van der Waals surface area contributed by atoms with E-state index in [9.17, 15) is 4.79 Å². The Balaban J connectivity index is 1.93. The molecule has 0 aliphatic heterocycles. The van der Waals surface area contributed by atoms with Crippen LogP contribution in [0.4, 0.5) is 11.4 Å². The summed E-state index contributed by atoms with van der Waals surface area (Å²) in [5.74, 6) is 0.00479. The van der Waals surface area contributed by atoms with E-state index in [4.69, 9.17) is 0 Å². The van der Waals surface area contributed by atoms with Crippen molar-refractivity contribution >= 4 is 17.3 Å². The standard InChI is InChI=1S/C18H22N2O/c1-13(2)19-16-7-9-17(10-8-16)20-18(21)12-15-6-4-5-14(3)11-15/h4-11,13,19H,12H2,1-3H3,(H,20,21). The molecule has 3 nitrogen and oxygen atoms in total. The summed E-state index contributed by atoms with van der Waals surface area (Å²) in [7, 11) is 0. The predicted molar refractivity (Wildman–Crippen MR) is 88.7 cm³/mol. The molecule has 0 unspecified atom stereocenters. The molecule has 0 saturated heterocycles. The van der Waals surface area contributed by atoms with E-state index >= 15 is 0 Å². The minimum atomic E-state index is 0.00479. The van der Waals surface area contributed by atoms with Crippen LogP contribution in [0.25, 0.3) is 0 Å². The van der Waals surface area contributed by atoms with Crippen LogP contribution in [0.5, 0.6) is 0 Å². The van der Waals surface area contributed by atoms with Gasteiger partial charge in [0.1, 0.15) is 0 Å². The quantitative estimate of drug-likeness (QED) is 0.870. The van der Waals surface area contributed by atoms with Gasteiger partial charge in [-0.3, -0.25) is 4.79 Å². The first-order chi connectivity index (χ1) is 10.0. The van der Waals surface area contributed by atoms with Crippen LogP contribution in [0.3, 0.4) is 0 Å². The SMILES string of the molecule is Cc1cccc(CC(=O)Nc2ccc(NC(C)C)cc2)c1. The first-order valence-corrected chi connectivity index (χ1v) is 7.25. The molecular formula is C18H22N2O. The van der Waals surface area contributed by atoms with E-state index < -0.39 is 0 Å². The number of carbonyl (C=O) groups excluding carboxylic acids is 1. The maximum Gasteiger partial charge on any atom is 0.228 e. The fourth-order valence-electron chi connectivity index (χ4n) is 2.20. The molecule has 21 heavy (non-hydrogen) atoms. The van der Waals surface area contributed by atoms with Crippen LogP contribution in [-0.2, 0) is 11.2 Å². The fourth-order valence-corrected chi connectivity index (χ4v) is 2.20. The Morgan fingerprint density at radius 2 is 1.71 bits per heavy atom. The lowest BCUT2D eigenvalue weighted by molar-refractivity contribution is -0.115. The first-order valence-electron chi connectivity index (χ1n) is 7.25. The van der Waals surface area contributed by atoms with Crippen molar-refractivity contribution in [1.29, 1.82) is 0 Å². The lowest BCUT2D eigenvalue weighted by Crippen LogP contribution is -2.14. The van der Waals surface area contributed by atoms with Crippen molar-refractivity contribution in [2.24, 2.45) is 0 Å². The molecular weight excluding hydrogens is 260 g/mol. The average molecular weight is 282 g/mol. The van der Waals surface area contributed by atoms with Gasteiger partial charge >= 0.3 is 0 Å². The van der Waals surface area contributed by atoms with Crippen LogP contribution in [0, 0.1) is 6.92 Å². The van der Waals surface area contributed by atoms with Crippen molar-refractivity contribution in [1.82, 2.24) is 0 Å². The van der Waals surface area contributed by atoms with Gasteiger partial charge in [0.2, 0.25) is 5.91 Å². The van der Waals surface area contributed by atoms with E-state index in [2.05, 4.69) is 24.5 Å². The summed E-state index contributed by atoms with van der Waals surface area (Å²) >= 11 is 0. The lowest BCUT2D eigenvalue weighted by atomic mass is 10.1. The Morgan fingerprint density at radius 3 is 2.33 bits per heavy atom. The summed E-state index contributed by atoms with van der Waals surface area (Å²) in [5.41, 5.74) is 4.08. The zero-order chi connectivity index (χ0) is 15.2. The monoisotopic (exact) mass is 282 g/mol. The molecule has 0 fully saturated rings. The van der Waals surface area contributed by atoms with E-state index in [0.717, 1.165) is 16.9 Å². The second-order valence-electron chi connectivity index (χ2n) is 5.59. The molecule has 0 aromatic heterocycles. The number of aryl methyl sites for hydroxylation is 1. The molecule has 2 aromatic carbocycles. The molecule has 0 aliphatic rings. The van der Waals surface area contributed by atoms with Crippen molar-refractivity contribution in [3.05, 3.63) is 59.7 Å². The molecule has 3 heteroatoms. The fraction of sp³-hybridized carbons (Fsp3) is 0.278. The Kier molecular flexibility index (Phi) is 4.99. The van der Waals surface area contributed by atoms with Crippen LogP contribution >= 0.6 is 0 Å². The number of anilines is 2. The summed E-state index contributed by atoms with van der Waals surface area (Å²) in [5, 5.41) is 6.24. The highest BCUT2D eigenvalue weighted by Crippen LogP contribution is 2.15.